The number of benzene rings is 1. The highest BCUT2D eigenvalue weighted by Gasteiger charge is 2.26. The van der Waals surface area contributed by atoms with Gasteiger partial charge in [0.2, 0.25) is 0 Å². The SMILES string of the molecule is C=CCOc1ccc(CNC2CCC(C)(C)CC2)cc1. The van der Waals surface area contributed by atoms with Crippen molar-refractivity contribution in [1.82, 2.24) is 5.32 Å². The van der Waals surface area contributed by atoms with Crippen LogP contribution in [0, 0.1) is 5.41 Å². The van der Waals surface area contributed by atoms with Crippen molar-refractivity contribution in [3.05, 3.63) is 42.5 Å². The van der Waals surface area contributed by atoms with Gasteiger partial charge in [-0.1, -0.05) is 38.6 Å². The summed E-state index contributed by atoms with van der Waals surface area (Å²) in [7, 11) is 0. The second kappa shape index (κ2) is 6.94. The quantitative estimate of drug-likeness (QED) is 0.780. The van der Waals surface area contributed by atoms with Gasteiger partial charge in [0.15, 0.2) is 0 Å². The van der Waals surface area contributed by atoms with Crippen LogP contribution >= 0.6 is 0 Å². The second-order valence-electron chi connectivity index (χ2n) is 6.56. The van der Waals surface area contributed by atoms with Crippen molar-refractivity contribution >= 4 is 0 Å². The van der Waals surface area contributed by atoms with E-state index in [1.165, 1.54) is 31.2 Å². The third kappa shape index (κ3) is 4.68. The lowest BCUT2D eigenvalue weighted by Gasteiger charge is -2.34. The molecule has 1 fully saturated rings. The van der Waals surface area contributed by atoms with E-state index >= 15 is 0 Å². The maximum atomic E-state index is 5.49. The van der Waals surface area contributed by atoms with Crippen molar-refractivity contribution in [2.24, 2.45) is 5.41 Å². The summed E-state index contributed by atoms with van der Waals surface area (Å²) in [4.78, 5) is 0. The fraction of sp³-hybridized carbons (Fsp3) is 0.556. The molecule has 0 aliphatic heterocycles. The Kier molecular flexibility index (Phi) is 5.24. The van der Waals surface area contributed by atoms with Crippen LogP contribution in [0.1, 0.15) is 45.1 Å². The summed E-state index contributed by atoms with van der Waals surface area (Å²) in [5, 5.41) is 3.68. The molecule has 0 amide bonds. The number of nitrogens with one attached hydrogen (secondary N) is 1. The Bertz CT molecular complexity index is 412. The molecular formula is C18H27NO. The second-order valence-corrected chi connectivity index (χ2v) is 6.56. The molecule has 20 heavy (non-hydrogen) atoms. The zero-order valence-corrected chi connectivity index (χ0v) is 12.8. The van der Waals surface area contributed by atoms with Crippen LogP contribution in [0.25, 0.3) is 0 Å². The summed E-state index contributed by atoms with van der Waals surface area (Å²) in [6.45, 7) is 9.93. The van der Waals surface area contributed by atoms with E-state index in [0.29, 0.717) is 18.1 Å². The van der Waals surface area contributed by atoms with E-state index in [1.54, 1.807) is 6.08 Å². The van der Waals surface area contributed by atoms with Crippen molar-refractivity contribution in [1.29, 1.82) is 0 Å². The zero-order chi connectivity index (χ0) is 14.4. The number of ether oxygens (including phenoxy) is 1. The molecule has 0 radical (unpaired) electrons. The Balaban J connectivity index is 1.75. The summed E-state index contributed by atoms with van der Waals surface area (Å²) in [5.74, 6) is 0.910. The number of rotatable bonds is 6. The smallest absolute Gasteiger partial charge is 0.119 e. The molecule has 0 atom stereocenters. The first-order valence-corrected chi connectivity index (χ1v) is 7.65. The maximum absolute atomic E-state index is 5.49. The minimum Gasteiger partial charge on any atom is -0.490 e. The molecule has 0 spiro atoms. The van der Waals surface area contributed by atoms with E-state index < -0.39 is 0 Å². The van der Waals surface area contributed by atoms with E-state index in [9.17, 15) is 0 Å². The summed E-state index contributed by atoms with van der Waals surface area (Å²) >= 11 is 0. The predicted octanol–water partition coefficient (Wildman–Crippen LogP) is 4.31. The van der Waals surface area contributed by atoms with Crippen LogP contribution in [0.4, 0.5) is 0 Å². The summed E-state index contributed by atoms with van der Waals surface area (Å²) in [6, 6.07) is 9.02. The Labute approximate surface area is 123 Å². The molecule has 1 saturated carbocycles. The Hall–Kier alpha value is -1.28. The van der Waals surface area contributed by atoms with E-state index in [0.717, 1.165) is 12.3 Å². The molecule has 1 aromatic carbocycles. The molecule has 0 saturated heterocycles. The maximum Gasteiger partial charge on any atom is 0.119 e. The third-order valence-electron chi connectivity index (χ3n) is 4.23. The third-order valence-corrected chi connectivity index (χ3v) is 4.23. The molecule has 1 aliphatic rings. The Morgan fingerprint density at radius 1 is 1.25 bits per heavy atom. The average Bonchev–Trinajstić information content (AvgIpc) is 2.45. The van der Waals surface area contributed by atoms with Gasteiger partial charge in [-0.05, 0) is 48.8 Å². The molecule has 110 valence electrons. The van der Waals surface area contributed by atoms with Crippen LogP contribution < -0.4 is 10.1 Å². The van der Waals surface area contributed by atoms with Gasteiger partial charge in [-0.25, -0.2) is 0 Å². The van der Waals surface area contributed by atoms with Crippen LogP contribution in [-0.2, 0) is 6.54 Å². The van der Waals surface area contributed by atoms with Crippen LogP contribution in [-0.4, -0.2) is 12.6 Å². The van der Waals surface area contributed by atoms with Gasteiger partial charge in [-0.2, -0.15) is 0 Å². The minimum atomic E-state index is 0.544. The standard InChI is InChI=1S/C18H27NO/c1-4-13-20-17-7-5-15(6-8-17)14-19-16-9-11-18(2,3)12-10-16/h4-8,16,19H,1,9-14H2,2-3H3. The van der Waals surface area contributed by atoms with Gasteiger partial charge in [0.1, 0.15) is 12.4 Å². The number of hydrogen-bond donors (Lipinski definition) is 1. The minimum absolute atomic E-state index is 0.544. The van der Waals surface area contributed by atoms with Gasteiger partial charge >= 0.3 is 0 Å². The Morgan fingerprint density at radius 2 is 1.90 bits per heavy atom. The lowest BCUT2D eigenvalue weighted by atomic mass is 9.75. The highest BCUT2D eigenvalue weighted by atomic mass is 16.5. The van der Waals surface area contributed by atoms with Crippen LogP contribution in [0.5, 0.6) is 5.75 Å². The zero-order valence-electron chi connectivity index (χ0n) is 12.8. The van der Waals surface area contributed by atoms with Crippen molar-refractivity contribution < 1.29 is 4.74 Å². The highest BCUT2D eigenvalue weighted by Crippen LogP contribution is 2.35. The molecule has 1 aliphatic carbocycles. The van der Waals surface area contributed by atoms with Gasteiger partial charge in [0.25, 0.3) is 0 Å². The largest absolute Gasteiger partial charge is 0.490 e. The van der Waals surface area contributed by atoms with Gasteiger partial charge in [0, 0.05) is 12.6 Å². The molecule has 2 rings (SSSR count). The van der Waals surface area contributed by atoms with Crippen molar-refractivity contribution in [2.45, 2.75) is 52.1 Å². The van der Waals surface area contributed by atoms with Gasteiger partial charge < -0.3 is 10.1 Å². The molecule has 0 aromatic heterocycles. The van der Waals surface area contributed by atoms with Gasteiger partial charge in [-0.3, -0.25) is 0 Å². The summed E-state index contributed by atoms with van der Waals surface area (Å²) < 4.78 is 5.49. The molecule has 0 unspecified atom stereocenters. The monoisotopic (exact) mass is 273 g/mol. The fourth-order valence-electron chi connectivity index (χ4n) is 2.72. The first-order chi connectivity index (χ1) is 9.59. The van der Waals surface area contributed by atoms with E-state index in [-0.39, 0.29) is 0 Å². The molecule has 0 bridgehead atoms. The van der Waals surface area contributed by atoms with E-state index in [2.05, 4.69) is 37.9 Å². The fourth-order valence-corrected chi connectivity index (χ4v) is 2.72. The van der Waals surface area contributed by atoms with Crippen molar-refractivity contribution in [2.75, 3.05) is 6.61 Å². The van der Waals surface area contributed by atoms with Crippen LogP contribution in [0.15, 0.2) is 36.9 Å². The normalized spacial score (nSPS) is 18.7. The van der Waals surface area contributed by atoms with Gasteiger partial charge in [-0.15, -0.1) is 0 Å². The van der Waals surface area contributed by atoms with Crippen LogP contribution in [0.2, 0.25) is 0 Å². The molecule has 2 nitrogen and oxygen atoms in total. The van der Waals surface area contributed by atoms with Crippen molar-refractivity contribution in [3.63, 3.8) is 0 Å². The van der Waals surface area contributed by atoms with E-state index in [4.69, 9.17) is 4.74 Å². The molecule has 0 heterocycles. The first kappa shape index (κ1) is 15.1. The topological polar surface area (TPSA) is 21.3 Å². The lowest BCUT2D eigenvalue weighted by molar-refractivity contribution is 0.206. The van der Waals surface area contributed by atoms with Gasteiger partial charge in [0.05, 0.1) is 0 Å². The number of hydrogen-bond acceptors (Lipinski definition) is 2. The lowest BCUT2D eigenvalue weighted by Crippen LogP contribution is -2.35. The molecule has 2 heteroatoms. The highest BCUT2D eigenvalue weighted by molar-refractivity contribution is 5.27. The summed E-state index contributed by atoms with van der Waals surface area (Å²) in [5.41, 5.74) is 1.86. The Morgan fingerprint density at radius 3 is 2.50 bits per heavy atom. The molecule has 1 aromatic rings. The van der Waals surface area contributed by atoms with Crippen molar-refractivity contribution in [3.8, 4) is 5.75 Å². The average molecular weight is 273 g/mol. The van der Waals surface area contributed by atoms with Crippen LogP contribution in [0.3, 0.4) is 0 Å². The molecular weight excluding hydrogens is 246 g/mol. The molecule has 1 N–H and O–H groups in total. The first-order valence-electron chi connectivity index (χ1n) is 7.65. The predicted molar refractivity (Wildman–Crippen MR) is 85.0 cm³/mol. The summed E-state index contributed by atoms with van der Waals surface area (Å²) in [6.07, 6.45) is 7.03. The van der Waals surface area contributed by atoms with E-state index in [1.807, 2.05) is 12.1 Å².